The minimum atomic E-state index is -0.932. The van der Waals surface area contributed by atoms with E-state index in [1.807, 2.05) is 0 Å². The maximum absolute atomic E-state index is 11.5. The van der Waals surface area contributed by atoms with Gasteiger partial charge in [-0.05, 0) is 27.2 Å². The molecule has 7 heteroatoms. The number of aliphatic hydroxyl groups is 1. The molecule has 0 aromatic heterocycles. The monoisotopic (exact) mass is 277 g/mol. The molecule has 0 aromatic rings. The van der Waals surface area contributed by atoms with Gasteiger partial charge in [-0.1, -0.05) is 0 Å². The van der Waals surface area contributed by atoms with Crippen LogP contribution in [-0.4, -0.2) is 55.7 Å². The lowest BCUT2D eigenvalue weighted by Crippen LogP contribution is -2.46. The zero-order chi connectivity index (χ0) is 14.9. The van der Waals surface area contributed by atoms with Crippen molar-refractivity contribution in [3.05, 3.63) is 0 Å². The Labute approximate surface area is 113 Å². The molecule has 0 spiro atoms. The number of carbonyl (C=O) groups excluding carboxylic acids is 2. The molecule has 0 radical (unpaired) electrons. The number of nitrogens with one attached hydrogen (secondary N) is 1. The van der Waals surface area contributed by atoms with Crippen LogP contribution in [0.1, 0.15) is 27.2 Å². The Morgan fingerprint density at radius 2 is 1.95 bits per heavy atom. The van der Waals surface area contributed by atoms with E-state index in [1.165, 1.54) is 7.11 Å². The summed E-state index contributed by atoms with van der Waals surface area (Å²) in [4.78, 5) is 23.0. The number of carbonyl (C=O) groups is 2. The SMILES string of the molecule is COC(=O)[C@H](COCCCO)NC(=O)OC(C)(C)C. The van der Waals surface area contributed by atoms with Crippen molar-refractivity contribution >= 4 is 12.1 Å². The maximum Gasteiger partial charge on any atom is 0.408 e. The van der Waals surface area contributed by atoms with Crippen LogP contribution < -0.4 is 5.32 Å². The second kappa shape index (κ2) is 8.71. The molecule has 0 unspecified atom stereocenters. The summed E-state index contributed by atoms with van der Waals surface area (Å²) in [5.41, 5.74) is -0.650. The third-order valence-electron chi connectivity index (χ3n) is 1.91. The van der Waals surface area contributed by atoms with E-state index in [-0.39, 0.29) is 13.2 Å². The molecule has 0 aliphatic rings. The summed E-state index contributed by atoms with van der Waals surface area (Å²) in [5, 5.41) is 11.0. The van der Waals surface area contributed by atoms with Crippen molar-refractivity contribution in [2.45, 2.75) is 38.8 Å². The van der Waals surface area contributed by atoms with E-state index in [1.54, 1.807) is 20.8 Å². The average molecular weight is 277 g/mol. The summed E-state index contributed by atoms with van der Waals surface area (Å²) < 4.78 is 14.8. The molecule has 0 heterocycles. The number of amides is 1. The molecule has 1 amide bonds. The van der Waals surface area contributed by atoms with Crippen LogP contribution in [0.5, 0.6) is 0 Å². The van der Waals surface area contributed by atoms with E-state index in [0.717, 1.165) is 0 Å². The third kappa shape index (κ3) is 9.26. The molecular formula is C12H23NO6. The molecule has 0 aliphatic carbocycles. The van der Waals surface area contributed by atoms with Crippen LogP contribution in [0.4, 0.5) is 4.79 Å². The Bertz CT molecular complexity index is 286. The first kappa shape index (κ1) is 17.7. The van der Waals surface area contributed by atoms with Gasteiger partial charge in [0.1, 0.15) is 5.60 Å². The molecule has 0 aromatic carbocycles. The van der Waals surface area contributed by atoms with Crippen LogP contribution in [0.3, 0.4) is 0 Å². The minimum Gasteiger partial charge on any atom is -0.467 e. The number of ether oxygens (including phenoxy) is 3. The molecule has 7 nitrogen and oxygen atoms in total. The first-order valence-corrected chi connectivity index (χ1v) is 6.06. The van der Waals surface area contributed by atoms with E-state index < -0.39 is 23.7 Å². The molecule has 2 N–H and O–H groups in total. The lowest BCUT2D eigenvalue weighted by molar-refractivity contribution is -0.144. The van der Waals surface area contributed by atoms with Gasteiger partial charge in [0, 0.05) is 13.2 Å². The summed E-state index contributed by atoms with van der Waals surface area (Å²) in [7, 11) is 1.22. The van der Waals surface area contributed by atoms with Crippen LogP contribution >= 0.6 is 0 Å². The highest BCUT2D eigenvalue weighted by Gasteiger charge is 2.25. The Kier molecular flexibility index (Phi) is 8.09. The fourth-order valence-electron chi connectivity index (χ4n) is 1.13. The number of esters is 1. The fourth-order valence-corrected chi connectivity index (χ4v) is 1.13. The van der Waals surface area contributed by atoms with Crippen LogP contribution in [0, 0.1) is 0 Å². The fraction of sp³-hybridized carbons (Fsp3) is 0.833. The quantitative estimate of drug-likeness (QED) is 0.518. The Hall–Kier alpha value is -1.34. The lowest BCUT2D eigenvalue weighted by Gasteiger charge is -2.22. The van der Waals surface area contributed by atoms with Gasteiger partial charge in [-0.3, -0.25) is 0 Å². The molecule has 0 aliphatic heterocycles. The molecule has 112 valence electrons. The third-order valence-corrected chi connectivity index (χ3v) is 1.91. The number of alkyl carbamates (subject to hydrolysis) is 1. The van der Waals surface area contributed by atoms with Gasteiger partial charge in [-0.2, -0.15) is 0 Å². The molecule has 1 atom stereocenters. The van der Waals surface area contributed by atoms with E-state index in [4.69, 9.17) is 14.6 Å². The highest BCUT2D eigenvalue weighted by molar-refractivity contribution is 5.81. The second-order valence-corrected chi connectivity index (χ2v) is 4.87. The summed E-state index contributed by atoms with van der Waals surface area (Å²) in [5.74, 6) is -0.616. The first-order valence-electron chi connectivity index (χ1n) is 6.06. The highest BCUT2D eigenvalue weighted by Crippen LogP contribution is 2.07. The summed E-state index contributed by atoms with van der Waals surface area (Å²) in [6.07, 6.45) is -0.256. The number of aliphatic hydroxyl groups excluding tert-OH is 1. The van der Waals surface area contributed by atoms with Crippen molar-refractivity contribution in [3.63, 3.8) is 0 Å². The number of methoxy groups -OCH3 is 1. The van der Waals surface area contributed by atoms with Crippen molar-refractivity contribution in [2.24, 2.45) is 0 Å². The average Bonchev–Trinajstić information content (AvgIpc) is 2.29. The zero-order valence-electron chi connectivity index (χ0n) is 11.9. The molecule has 0 fully saturated rings. The van der Waals surface area contributed by atoms with Crippen LogP contribution in [0.15, 0.2) is 0 Å². The van der Waals surface area contributed by atoms with Crippen molar-refractivity contribution < 1.29 is 28.9 Å². The summed E-state index contributed by atoms with van der Waals surface area (Å²) >= 11 is 0. The Balaban J connectivity index is 4.27. The van der Waals surface area contributed by atoms with Crippen molar-refractivity contribution in [3.8, 4) is 0 Å². The second-order valence-electron chi connectivity index (χ2n) is 4.87. The number of rotatable bonds is 7. The molecule has 0 saturated heterocycles. The molecule has 0 saturated carbocycles. The highest BCUT2D eigenvalue weighted by atomic mass is 16.6. The van der Waals surface area contributed by atoms with Crippen molar-refractivity contribution in [2.75, 3.05) is 26.9 Å². The molecular weight excluding hydrogens is 254 g/mol. The van der Waals surface area contributed by atoms with Gasteiger partial charge >= 0.3 is 12.1 Å². The summed E-state index contributed by atoms with van der Waals surface area (Å²) in [6.45, 7) is 5.42. The number of hydrogen-bond acceptors (Lipinski definition) is 6. The largest absolute Gasteiger partial charge is 0.467 e. The lowest BCUT2D eigenvalue weighted by atomic mass is 10.2. The van der Waals surface area contributed by atoms with E-state index >= 15 is 0 Å². The number of hydrogen-bond donors (Lipinski definition) is 2. The molecule has 19 heavy (non-hydrogen) atoms. The normalized spacial score (nSPS) is 12.7. The van der Waals surface area contributed by atoms with Crippen LogP contribution in [0.2, 0.25) is 0 Å². The Morgan fingerprint density at radius 3 is 2.42 bits per heavy atom. The van der Waals surface area contributed by atoms with Crippen LogP contribution in [-0.2, 0) is 19.0 Å². The summed E-state index contributed by atoms with van der Waals surface area (Å²) in [6, 6.07) is -0.932. The standard InChI is InChI=1S/C12H23NO6/c1-12(2,3)19-11(16)13-9(10(15)17-4)8-18-7-5-6-14/h9,14H,5-8H2,1-4H3,(H,13,16)/t9-/m0/s1. The molecule has 0 rings (SSSR count). The van der Waals surface area contributed by atoms with E-state index in [9.17, 15) is 9.59 Å². The van der Waals surface area contributed by atoms with Gasteiger partial charge in [0.25, 0.3) is 0 Å². The van der Waals surface area contributed by atoms with Gasteiger partial charge in [-0.25, -0.2) is 9.59 Å². The van der Waals surface area contributed by atoms with E-state index in [0.29, 0.717) is 13.0 Å². The van der Waals surface area contributed by atoms with E-state index in [2.05, 4.69) is 10.1 Å². The van der Waals surface area contributed by atoms with Gasteiger partial charge in [0.15, 0.2) is 6.04 Å². The van der Waals surface area contributed by atoms with Crippen molar-refractivity contribution in [1.82, 2.24) is 5.32 Å². The van der Waals surface area contributed by atoms with Crippen molar-refractivity contribution in [1.29, 1.82) is 0 Å². The predicted molar refractivity (Wildman–Crippen MR) is 67.7 cm³/mol. The smallest absolute Gasteiger partial charge is 0.408 e. The van der Waals surface area contributed by atoms with Gasteiger partial charge < -0.3 is 24.6 Å². The first-order chi connectivity index (χ1) is 8.80. The topological polar surface area (TPSA) is 94.1 Å². The van der Waals surface area contributed by atoms with Gasteiger partial charge in [0.05, 0.1) is 13.7 Å². The molecule has 0 bridgehead atoms. The minimum absolute atomic E-state index is 0.00237. The van der Waals surface area contributed by atoms with Gasteiger partial charge in [0.2, 0.25) is 0 Å². The zero-order valence-corrected chi connectivity index (χ0v) is 11.9. The van der Waals surface area contributed by atoms with Crippen LogP contribution in [0.25, 0.3) is 0 Å². The Morgan fingerprint density at radius 1 is 1.32 bits per heavy atom. The maximum atomic E-state index is 11.5. The van der Waals surface area contributed by atoms with Gasteiger partial charge in [-0.15, -0.1) is 0 Å². The predicted octanol–water partition coefficient (Wildman–Crippen LogP) is 0.452.